The van der Waals surface area contributed by atoms with Crippen molar-refractivity contribution in [1.29, 1.82) is 5.26 Å². The van der Waals surface area contributed by atoms with Crippen LogP contribution in [0, 0.1) is 23.7 Å². The molecule has 0 N–H and O–H groups in total. The lowest BCUT2D eigenvalue weighted by Crippen LogP contribution is -2.24. The molecule has 0 amide bonds. The highest BCUT2D eigenvalue weighted by Crippen LogP contribution is 2.19. The summed E-state index contributed by atoms with van der Waals surface area (Å²) in [5.41, 5.74) is 0.330. The van der Waals surface area contributed by atoms with Gasteiger partial charge in [0.05, 0.1) is 11.5 Å². The van der Waals surface area contributed by atoms with Crippen LogP contribution in [-0.4, -0.2) is 4.57 Å². The van der Waals surface area contributed by atoms with Gasteiger partial charge in [-0.2, -0.15) is 5.26 Å². The van der Waals surface area contributed by atoms with Crippen molar-refractivity contribution in [2.75, 3.05) is 0 Å². The van der Waals surface area contributed by atoms with Gasteiger partial charge in [0.2, 0.25) is 0 Å². The molecule has 0 bridgehead atoms. The Balaban J connectivity index is 2.92. The zero-order valence-corrected chi connectivity index (χ0v) is 11.3. The van der Waals surface area contributed by atoms with Crippen LogP contribution < -0.4 is 5.56 Å². The Bertz CT molecular complexity index is 483. The summed E-state index contributed by atoms with van der Waals surface area (Å²) in [6.45, 7) is 6.12. The normalized spacial score (nSPS) is 11.2. The number of aryl methyl sites for hydroxylation is 2. The number of pyridine rings is 1. The van der Waals surface area contributed by atoms with Crippen LogP contribution in [0.4, 0.5) is 0 Å². The molecule has 1 heterocycles. The van der Waals surface area contributed by atoms with Gasteiger partial charge in [-0.15, -0.1) is 0 Å². The molecule has 0 atom stereocenters. The Morgan fingerprint density at radius 3 is 2.75 bits per heavy atom. The second-order valence-corrected chi connectivity index (χ2v) is 5.50. The molecule has 0 saturated heterocycles. The number of hydrogen-bond donors (Lipinski definition) is 0. The zero-order chi connectivity index (χ0) is 12.3. The van der Waals surface area contributed by atoms with E-state index in [-0.39, 0.29) is 5.56 Å². The lowest BCUT2D eigenvalue weighted by molar-refractivity contribution is 0.408. The van der Waals surface area contributed by atoms with E-state index in [1.807, 2.05) is 13.8 Å². The molecular weight excluding hydrogens is 268 g/mol. The number of halogens is 1. The van der Waals surface area contributed by atoms with E-state index in [2.05, 4.69) is 22.0 Å². The van der Waals surface area contributed by atoms with Gasteiger partial charge in [0.1, 0.15) is 0 Å². The molecule has 0 aromatic carbocycles. The van der Waals surface area contributed by atoms with E-state index in [4.69, 9.17) is 5.26 Å². The van der Waals surface area contributed by atoms with E-state index >= 15 is 0 Å². The molecule has 4 heteroatoms. The van der Waals surface area contributed by atoms with Gasteiger partial charge in [-0.05, 0) is 49.2 Å². The van der Waals surface area contributed by atoms with E-state index < -0.39 is 5.41 Å². The number of rotatable bonds is 3. The minimum absolute atomic E-state index is 0.0111. The molecule has 86 valence electrons. The molecule has 0 radical (unpaired) electrons. The number of nitriles is 1. The summed E-state index contributed by atoms with van der Waals surface area (Å²) in [7, 11) is 0. The lowest BCUT2D eigenvalue weighted by atomic mass is 9.91. The van der Waals surface area contributed by atoms with Gasteiger partial charge < -0.3 is 4.57 Å². The topological polar surface area (TPSA) is 45.8 Å². The van der Waals surface area contributed by atoms with Gasteiger partial charge in [0, 0.05) is 22.8 Å². The Hall–Kier alpha value is -1.08. The second-order valence-electron chi connectivity index (χ2n) is 4.59. The minimum atomic E-state index is -0.393. The second kappa shape index (κ2) is 4.84. The number of aromatic nitrogens is 1. The van der Waals surface area contributed by atoms with Gasteiger partial charge in [0.25, 0.3) is 5.56 Å². The van der Waals surface area contributed by atoms with Crippen LogP contribution in [-0.2, 0) is 6.54 Å². The molecule has 0 fully saturated rings. The highest BCUT2D eigenvalue weighted by atomic mass is 79.9. The minimum Gasteiger partial charge on any atom is -0.314 e. The van der Waals surface area contributed by atoms with Crippen molar-refractivity contribution in [3.05, 3.63) is 32.7 Å². The summed E-state index contributed by atoms with van der Waals surface area (Å²) in [5.74, 6) is 0. The molecule has 1 aromatic heterocycles. The molecule has 3 nitrogen and oxygen atoms in total. The van der Waals surface area contributed by atoms with Crippen molar-refractivity contribution in [3.8, 4) is 6.07 Å². The zero-order valence-electron chi connectivity index (χ0n) is 9.75. The highest BCUT2D eigenvalue weighted by Gasteiger charge is 2.16. The van der Waals surface area contributed by atoms with E-state index in [0.717, 1.165) is 4.47 Å². The maximum absolute atomic E-state index is 11.8. The Labute approximate surface area is 104 Å². The summed E-state index contributed by atoms with van der Waals surface area (Å²) in [5, 5.41) is 8.90. The van der Waals surface area contributed by atoms with Crippen molar-refractivity contribution in [3.63, 3.8) is 0 Å². The molecular formula is C12H15BrN2O. The smallest absolute Gasteiger partial charge is 0.253 e. The van der Waals surface area contributed by atoms with Crippen LogP contribution in [0.3, 0.4) is 0 Å². The molecule has 1 aromatic rings. The van der Waals surface area contributed by atoms with Crippen molar-refractivity contribution < 1.29 is 0 Å². The molecule has 16 heavy (non-hydrogen) atoms. The van der Waals surface area contributed by atoms with Crippen LogP contribution in [0.2, 0.25) is 0 Å². The maximum Gasteiger partial charge on any atom is 0.253 e. The first kappa shape index (κ1) is 13.0. The van der Waals surface area contributed by atoms with Crippen LogP contribution in [0.5, 0.6) is 0 Å². The van der Waals surface area contributed by atoms with Crippen LogP contribution >= 0.6 is 15.9 Å². The van der Waals surface area contributed by atoms with Gasteiger partial charge in [-0.1, -0.05) is 0 Å². The maximum atomic E-state index is 11.8. The summed E-state index contributed by atoms with van der Waals surface area (Å²) < 4.78 is 2.54. The largest absolute Gasteiger partial charge is 0.314 e. The average Bonchev–Trinajstić information content (AvgIpc) is 2.21. The first-order valence-electron chi connectivity index (χ1n) is 5.13. The summed E-state index contributed by atoms with van der Waals surface area (Å²) in [6, 6.07) is 4.03. The van der Waals surface area contributed by atoms with Gasteiger partial charge in [-0.25, -0.2) is 0 Å². The van der Waals surface area contributed by atoms with Crippen molar-refractivity contribution >= 4 is 15.9 Å². The van der Waals surface area contributed by atoms with Crippen molar-refractivity contribution in [2.45, 2.75) is 33.7 Å². The quantitative estimate of drug-likeness (QED) is 0.856. The molecule has 0 aliphatic rings. The third kappa shape index (κ3) is 3.21. The van der Waals surface area contributed by atoms with E-state index in [1.54, 1.807) is 23.8 Å². The van der Waals surface area contributed by atoms with Gasteiger partial charge in [0.15, 0.2) is 0 Å². The highest BCUT2D eigenvalue weighted by molar-refractivity contribution is 9.10. The van der Waals surface area contributed by atoms with Gasteiger partial charge >= 0.3 is 0 Å². The summed E-state index contributed by atoms with van der Waals surface area (Å²) in [4.78, 5) is 11.8. The van der Waals surface area contributed by atoms with Crippen LogP contribution in [0.1, 0.15) is 25.8 Å². The van der Waals surface area contributed by atoms with Crippen LogP contribution in [0.15, 0.2) is 21.5 Å². The standard InChI is InChI=1S/C12H15BrN2O/c1-9-6-10(13)7-15(11(9)16)5-4-12(2,3)8-14/h6-7H,4-5H2,1-3H3. The lowest BCUT2D eigenvalue weighted by Gasteiger charge is -2.16. The predicted molar refractivity (Wildman–Crippen MR) is 67.2 cm³/mol. The first-order chi connectivity index (χ1) is 7.35. The van der Waals surface area contributed by atoms with Crippen molar-refractivity contribution in [1.82, 2.24) is 4.57 Å². The van der Waals surface area contributed by atoms with Gasteiger partial charge in [-0.3, -0.25) is 4.79 Å². The SMILES string of the molecule is Cc1cc(Br)cn(CCC(C)(C)C#N)c1=O. The van der Waals surface area contributed by atoms with E-state index in [9.17, 15) is 4.79 Å². The molecule has 0 unspecified atom stereocenters. The fraction of sp³-hybridized carbons (Fsp3) is 0.500. The Morgan fingerprint density at radius 2 is 2.19 bits per heavy atom. The summed E-state index contributed by atoms with van der Waals surface area (Å²) >= 11 is 3.36. The Morgan fingerprint density at radius 1 is 1.56 bits per heavy atom. The van der Waals surface area contributed by atoms with E-state index in [0.29, 0.717) is 18.5 Å². The molecule has 1 rings (SSSR count). The first-order valence-corrected chi connectivity index (χ1v) is 5.93. The van der Waals surface area contributed by atoms with Crippen molar-refractivity contribution in [2.24, 2.45) is 5.41 Å². The molecule has 0 saturated carbocycles. The Kier molecular flexibility index (Phi) is 3.93. The number of nitrogens with zero attached hydrogens (tertiary/aromatic N) is 2. The molecule has 0 spiro atoms. The fourth-order valence-electron chi connectivity index (χ4n) is 1.36. The number of hydrogen-bond acceptors (Lipinski definition) is 2. The fourth-order valence-corrected chi connectivity index (χ4v) is 1.95. The molecule has 0 aliphatic carbocycles. The van der Waals surface area contributed by atoms with Crippen LogP contribution in [0.25, 0.3) is 0 Å². The predicted octanol–water partition coefficient (Wildman–Crippen LogP) is 2.86. The monoisotopic (exact) mass is 282 g/mol. The summed E-state index contributed by atoms with van der Waals surface area (Å²) in [6.07, 6.45) is 2.43. The average molecular weight is 283 g/mol. The third-order valence-corrected chi connectivity index (χ3v) is 2.95. The third-order valence-electron chi connectivity index (χ3n) is 2.51. The van der Waals surface area contributed by atoms with E-state index in [1.165, 1.54) is 0 Å². The molecule has 0 aliphatic heterocycles.